The lowest BCUT2D eigenvalue weighted by molar-refractivity contribution is -0.170. The van der Waals surface area contributed by atoms with Gasteiger partial charge in [-0.3, -0.25) is 4.79 Å². The van der Waals surface area contributed by atoms with Crippen molar-refractivity contribution in [3.05, 3.63) is 34.9 Å². The number of rotatable bonds is 2. The molecule has 25 heavy (non-hydrogen) atoms. The van der Waals surface area contributed by atoms with Crippen LogP contribution in [-0.2, 0) is 23.9 Å². The largest absolute Gasteiger partial charge is 0.454 e. The fraction of sp³-hybridized carbons (Fsp3) is 0.550. The maximum Gasteiger partial charge on any atom is 0.351 e. The highest BCUT2D eigenvalue weighted by molar-refractivity contribution is 6.00. The number of fused-ring (bicyclic) bond motifs is 3. The summed E-state index contributed by atoms with van der Waals surface area (Å²) in [5, 5.41) is 0. The molecule has 0 aromatic carbocycles. The minimum Gasteiger partial charge on any atom is -0.454 e. The Bertz CT molecular complexity index is 756. The highest BCUT2D eigenvalue weighted by Gasteiger charge is 2.63. The van der Waals surface area contributed by atoms with E-state index in [1.54, 1.807) is 39.0 Å². The van der Waals surface area contributed by atoms with E-state index in [4.69, 9.17) is 9.47 Å². The summed E-state index contributed by atoms with van der Waals surface area (Å²) in [6.45, 7) is 8.86. The van der Waals surface area contributed by atoms with E-state index in [0.29, 0.717) is 18.4 Å². The molecular weight excluding hydrogens is 320 g/mol. The van der Waals surface area contributed by atoms with E-state index in [1.807, 2.05) is 13.8 Å². The average molecular weight is 344 g/mol. The number of allylic oxidation sites excluding steroid dienone is 4. The molecule has 0 aromatic rings. The standard InChI is InChI=1S/C20H24O5/c1-6-11(2)17(22)25-20(5)13-9-10-19(4)14(21)8-7-12(3)15(19)16(13)24-18(20)23/h6-8,13,16H,9-10H2,1-5H3/b11-6+. The second-order valence-corrected chi connectivity index (χ2v) is 7.57. The molecule has 0 N–H and O–H groups in total. The molecule has 3 aliphatic rings. The Balaban J connectivity index is 2.00. The molecule has 0 amide bonds. The molecule has 4 unspecified atom stereocenters. The van der Waals surface area contributed by atoms with Crippen LogP contribution in [0.4, 0.5) is 0 Å². The molecule has 2 fully saturated rings. The summed E-state index contributed by atoms with van der Waals surface area (Å²) in [6, 6.07) is 0. The van der Waals surface area contributed by atoms with Crippen LogP contribution in [0.3, 0.4) is 0 Å². The Morgan fingerprint density at radius 2 is 2.00 bits per heavy atom. The molecule has 0 aromatic heterocycles. The van der Waals surface area contributed by atoms with Crippen LogP contribution in [0.5, 0.6) is 0 Å². The Morgan fingerprint density at radius 1 is 1.32 bits per heavy atom. The lowest BCUT2D eigenvalue weighted by Crippen LogP contribution is -2.49. The second-order valence-electron chi connectivity index (χ2n) is 7.57. The van der Waals surface area contributed by atoms with Crippen molar-refractivity contribution in [2.24, 2.45) is 11.3 Å². The van der Waals surface area contributed by atoms with Crippen LogP contribution in [0, 0.1) is 11.3 Å². The van der Waals surface area contributed by atoms with Crippen LogP contribution in [0.25, 0.3) is 0 Å². The molecule has 2 aliphatic carbocycles. The summed E-state index contributed by atoms with van der Waals surface area (Å²) in [6.07, 6.45) is 5.70. The number of carbonyl (C=O) groups is 3. The van der Waals surface area contributed by atoms with Gasteiger partial charge in [-0.05, 0) is 64.7 Å². The third kappa shape index (κ3) is 2.40. The summed E-state index contributed by atoms with van der Waals surface area (Å²) < 4.78 is 11.3. The van der Waals surface area contributed by atoms with Gasteiger partial charge in [0, 0.05) is 5.57 Å². The van der Waals surface area contributed by atoms with Gasteiger partial charge < -0.3 is 9.47 Å². The van der Waals surface area contributed by atoms with E-state index in [9.17, 15) is 14.4 Å². The van der Waals surface area contributed by atoms with Crippen LogP contribution in [0.2, 0.25) is 0 Å². The molecule has 1 aliphatic heterocycles. The van der Waals surface area contributed by atoms with E-state index in [2.05, 4.69) is 0 Å². The molecule has 1 saturated heterocycles. The Morgan fingerprint density at radius 3 is 2.64 bits per heavy atom. The SMILES string of the molecule is C/C=C(\C)C(=O)OC1(C)C(=O)OC2C3=C(C)C=CC(=O)C3(C)CCC21. The highest BCUT2D eigenvalue weighted by Crippen LogP contribution is 2.54. The van der Waals surface area contributed by atoms with Gasteiger partial charge in [0.2, 0.25) is 5.60 Å². The first-order valence-electron chi connectivity index (χ1n) is 8.66. The van der Waals surface area contributed by atoms with Gasteiger partial charge >= 0.3 is 11.9 Å². The van der Waals surface area contributed by atoms with Crippen molar-refractivity contribution in [2.75, 3.05) is 0 Å². The molecule has 0 bridgehead atoms. The highest BCUT2D eigenvalue weighted by atomic mass is 16.6. The zero-order chi connectivity index (χ0) is 18.6. The second kappa shape index (κ2) is 5.68. The smallest absolute Gasteiger partial charge is 0.351 e. The first-order valence-corrected chi connectivity index (χ1v) is 8.66. The van der Waals surface area contributed by atoms with Crippen molar-refractivity contribution in [3.8, 4) is 0 Å². The van der Waals surface area contributed by atoms with Crippen molar-refractivity contribution in [1.82, 2.24) is 0 Å². The van der Waals surface area contributed by atoms with Crippen molar-refractivity contribution >= 4 is 17.7 Å². The van der Waals surface area contributed by atoms with Gasteiger partial charge in [0.1, 0.15) is 6.10 Å². The van der Waals surface area contributed by atoms with Crippen molar-refractivity contribution in [3.63, 3.8) is 0 Å². The monoisotopic (exact) mass is 344 g/mol. The van der Waals surface area contributed by atoms with E-state index < -0.39 is 29.1 Å². The molecule has 0 radical (unpaired) electrons. The van der Waals surface area contributed by atoms with Crippen LogP contribution >= 0.6 is 0 Å². The van der Waals surface area contributed by atoms with E-state index in [0.717, 1.165) is 11.1 Å². The summed E-state index contributed by atoms with van der Waals surface area (Å²) >= 11 is 0. The summed E-state index contributed by atoms with van der Waals surface area (Å²) in [7, 11) is 0. The van der Waals surface area contributed by atoms with Gasteiger partial charge in [-0.1, -0.05) is 12.2 Å². The van der Waals surface area contributed by atoms with Gasteiger partial charge in [0.15, 0.2) is 5.78 Å². The number of ketones is 1. The molecule has 0 spiro atoms. The van der Waals surface area contributed by atoms with E-state index in [-0.39, 0.29) is 11.7 Å². The number of esters is 2. The van der Waals surface area contributed by atoms with Crippen molar-refractivity contribution in [2.45, 2.75) is 59.2 Å². The number of hydrogen-bond donors (Lipinski definition) is 0. The third-order valence-corrected chi connectivity index (χ3v) is 6.06. The Labute approximate surface area is 147 Å². The number of hydrogen-bond acceptors (Lipinski definition) is 5. The number of carbonyl (C=O) groups excluding carboxylic acids is 3. The van der Waals surface area contributed by atoms with Gasteiger partial charge in [0.05, 0.1) is 11.3 Å². The minimum absolute atomic E-state index is 0.0398. The van der Waals surface area contributed by atoms with Crippen molar-refractivity contribution in [1.29, 1.82) is 0 Å². The van der Waals surface area contributed by atoms with Gasteiger partial charge in [-0.2, -0.15) is 0 Å². The topological polar surface area (TPSA) is 69.7 Å². The zero-order valence-electron chi connectivity index (χ0n) is 15.3. The molecule has 134 valence electrons. The van der Waals surface area contributed by atoms with Crippen LogP contribution in [0.15, 0.2) is 34.9 Å². The van der Waals surface area contributed by atoms with E-state index in [1.165, 1.54) is 0 Å². The lowest BCUT2D eigenvalue weighted by atomic mass is 9.60. The summed E-state index contributed by atoms with van der Waals surface area (Å²) in [5.74, 6) is -1.29. The van der Waals surface area contributed by atoms with Crippen LogP contribution < -0.4 is 0 Å². The summed E-state index contributed by atoms with van der Waals surface area (Å²) in [4.78, 5) is 37.4. The Hall–Kier alpha value is -2.17. The molecule has 5 nitrogen and oxygen atoms in total. The predicted molar refractivity (Wildman–Crippen MR) is 91.5 cm³/mol. The molecular formula is C20H24O5. The normalized spacial score (nSPS) is 37.6. The molecule has 1 heterocycles. The quantitative estimate of drug-likeness (QED) is 0.569. The molecule has 4 atom stereocenters. The number of ether oxygens (including phenoxy) is 2. The zero-order valence-corrected chi connectivity index (χ0v) is 15.3. The Kier molecular flexibility index (Phi) is 4.01. The third-order valence-electron chi connectivity index (χ3n) is 6.06. The predicted octanol–water partition coefficient (Wildman–Crippen LogP) is 3.05. The van der Waals surface area contributed by atoms with Gasteiger partial charge in [-0.15, -0.1) is 0 Å². The molecule has 3 rings (SSSR count). The fourth-order valence-electron chi connectivity index (χ4n) is 4.23. The van der Waals surface area contributed by atoms with Crippen LogP contribution in [-0.4, -0.2) is 29.4 Å². The fourth-order valence-corrected chi connectivity index (χ4v) is 4.23. The van der Waals surface area contributed by atoms with Crippen molar-refractivity contribution < 1.29 is 23.9 Å². The maximum absolute atomic E-state index is 12.6. The van der Waals surface area contributed by atoms with Gasteiger partial charge in [-0.25, -0.2) is 9.59 Å². The first-order chi connectivity index (χ1) is 11.6. The first kappa shape index (κ1) is 17.6. The summed E-state index contributed by atoms with van der Waals surface area (Å²) in [5.41, 5.74) is 0.279. The molecule has 1 saturated carbocycles. The maximum atomic E-state index is 12.6. The lowest BCUT2D eigenvalue weighted by Gasteiger charge is -2.44. The van der Waals surface area contributed by atoms with Crippen LogP contribution in [0.1, 0.15) is 47.5 Å². The van der Waals surface area contributed by atoms with Gasteiger partial charge in [0.25, 0.3) is 0 Å². The average Bonchev–Trinajstić information content (AvgIpc) is 2.80. The molecule has 5 heteroatoms. The minimum atomic E-state index is -1.33. The van der Waals surface area contributed by atoms with E-state index >= 15 is 0 Å².